The van der Waals surface area contributed by atoms with E-state index in [0.29, 0.717) is 0 Å². The van der Waals surface area contributed by atoms with E-state index in [9.17, 15) is 5.11 Å². The molecule has 1 aliphatic carbocycles. The van der Waals surface area contributed by atoms with Crippen LogP contribution >= 0.6 is 0 Å². The molecule has 1 aromatic rings. The van der Waals surface area contributed by atoms with Crippen LogP contribution in [0.25, 0.3) is 0 Å². The van der Waals surface area contributed by atoms with Crippen LogP contribution in [-0.2, 0) is 5.60 Å². The van der Waals surface area contributed by atoms with E-state index in [1.807, 2.05) is 37.4 Å². The van der Waals surface area contributed by atoms with Crippen LogP contribution in [0.15, 0.2) is 30.3 Å². The molecular weight excluding hydrogens is 174 g/mol. The van der Waals surface area contributed by atoms with E-state index in [1.54, 1.807) is 0 Å². The molecule has 0 aliphatic heterocycles. The summed E-state index contributed by atoms with van der Waals surface area (Å²) in [5.74, 6) is 0. The van der Waals surface area contributed by atoms with Crippen molar-refractivity contribution in [1.29, 1.82) is 0 Å². The molecule has 14 heavy (non-hydrogen) atoms. The number of hydrogen-bond acceptors (Lipinski definition) is 2. The van der Waals surface area contributed by atoms with Crippen LogP contribution in [0.1, 0.15) is 24.8 Å². The molecule has 2 nitrogen and oxygen atoms in total. The Morgan fingerprint density at radius 1 is 1.36 bits per heavy atom. The summed E-state index contributed by atoms with van der Waals surface area (Å²) in [6, 6.07) is 10.2. The Morgan fingerprint density at radius 3 is 2.71 bits per heavy atom. The molecule has 2 rings (SSSR count). The first-order valence-electron chi connectivity index (χ1n) is 5.22. The van der Waals surface area contributed by atoms with Gasteiger partial charge in [0.1, 0.15) is 5.60 Å². The predicted octanol–water partition coefficient (Wildman–Crippen LogP) is 1.65. The molecule has 2 N–H and O–H groups in total. The second-order valence-corrected chi connectivity index (χ2v) is 4.02. The summed E-state index contributed by atoms with van der Waals surface area (Å²) in [5.41, 5.74) is 0.382. The Labute approximate surface area is 85.0 Å². The van der Waals surface area contributed by atoms with Crippen molar-refractivity contribution in [3.05, 3.63) is 35.9 Å². The molecule has 2 heteroatoms. The second-order valence-electron chi connectivity index (χ2n) is 4.02. The van der Waals surface area contributed by atoms with Gasteiger partial charge in [-0.15, -0.1) is 0 Å². The van der Waals surface area contributed by atoms with E-state index in [-0.39, 0.29) is 6.04 Å². The van der Waals surface area contributed by atoms with E-state index in [4.69, 9.17) is 0 Å². The zero-order chi connectivity index (χ0) is 10.0. The van der Waals surface area contributed by atoms with Gasteiger partial charge in [0.15, 0.2) is 0 Å². The maximum atomic E-state index is 10.6. The molecule has 0 saturated heterocycles. The number of nitrogens with one attached hydrogen (secondary N) is 1. The van der Waals surface area contributed by atoms with Gasteiger partial charge >= 0.3 is 0 Å². The molecule has 1 aromatic carbocycles. The van der Waals surface area contributed by atoms with Crippen LogP contribution in [0.4, 0.5) is 0 Å². The molecule has 0 radical (unpaired) electrons. The van der Waals surface area contributed by atoms with Crippen molar-refractivity contribution < 1.29 is 5.11 Å². The molecule has 2 atom stereocenters. The lowest BCUT2D eigenvalue weighted by Gasteiger charge is -2.30. The summed E-state index contributed by atoms with van der Waals surface area (Å²) in [4.78, 5) is 0. The van der Waals surface area contributed by atoms with Crippen molar-refractivity contribution in [2.75, 3.05) is 7.05 Å². The minimum atomic E-state index is -0.657. The van der Waals surface area contributed by atoms with Gasteiger partial charge in [-0.2, -0.15) is 0 Å². The molecular formula is C12H17NO. The first kappa shape index (κ1) is 9.69. The number of benzene rings is 1. The van der Waals surface area contributed by atoms with Crippen LogP contribution in [0, 0.1) is 0 Å². The Bertz CT molecular complexity index is 298. The second kappa shape index (κ2) is 3.71. The van der Waals surface area contributed by atoms with Crippen molar-refractivity contribution in [2.24, 2.45) is 0 Å². The average Bonchev–Trinajstić information content (AvgIpc) is 2.62. The zero-order valence-electron chi connectivity index (χ0n) is 8.53. The highest BCUT2D eigenvalue weighted by Crippen LogP contribution is 2.38. The molecule has 0 spiro atoms. The molecule has 0 unspecified atom stereocenters. The number of hydrogen-bond donors (Lipinski definition) is 2. The first-order valence-corrected chi connectivity index (χ1v) is 5.22. The van der Waals surface area contributed by atoms with Gasteiger partial charge in [-0.1, -0.05) is 30.3 Å². The fraction of sp³-hybridized carbons (Fsp3) is 0.500. The van der Waals surface area contributed by atoms with Crippen LogP contribution in [-0.4, -0.2) is 18.2 Å². The van der Waals surface area contributed by atoms with Gasteiger partial charge < -0.3 is 10.4 Å². The highest BCUT2D eigenvalue weighted by Gasteiger charge is 2.41. The lowest BCUT2D eigenvalue weighted by atomic mass is 9.89. The van der Waals surface area contributed by atoms with Crippen molar-refractivity contribution in [3.63, 3.8) is 0 Å². The minimum absolute atomic E-state index is 0.199. The van der Waals surface area contributed by atoms with Crippen molar-refractivity contribution in [1.82, 2.24) is 5.32 Å². The van der Waals surface area contributed by atoms with Crippen LogP contribution < -0.4 is 5.32 Å². The summed E-state index contributed by atoms with van der Waals surface area (Å²) < 4.78 is 0. The van der Waals surface area contributed by atoms with Crippen LogP contribution in [0.3, 0.4) is 0 Å². The van der Waals surface area contributed by atoms with Crippen LogP contribution in [0.5, 0.6) is 0 Å². The molecule has 0 heterocycles. The molecule has 1 fully saturated rings. The Kier molecular flexibility index (Phi) is 2.57. The van der Waals surface area contributed by atoms with Gasteiger partial charge in [0.2, 0.25) is 0 Å². The monoisotopic (exact) mass is 191 g/mol. The Hall–Kier alpha value is -0.860. The van der Waals surface area contributed by atoms with Gasteiger partial charge in [-0.25, -0.2) is 0 Å². The largest absolute Gasteiger partial charge is 0.384 e. The predicted molar refractivity (Wildman–Crippen MR) is 57.0 cm³/mol. The Balaban J connectivity index is 2.31. The third-order valence-electron chi connectivity index (χ3n) is 3.25. The molecule has 1 saturated carbocycles. The van der Waals surface area contributed by atoms with E-state index < -0.39 is 5.60 Å². The van der Waals surface area contributed by atoms with Gasteiger partial charge in [0.05, 0.1) is 0 Å². The highest BCUT2D eigenvalue weighted by molar-refractivity contribution is 5.25. The molecule has 0 amide bonds. The standard InChI is InChI=1S/C12H17NO/c1-13-11-8-5-9-12(11,14)10-6-3-2-4-7-10/h2-4,6-7,11,13-14H,5,8-9H2,1H3/t11-,12-/m1/s1. The third-order valence-corrected chi connectivity index (χ3v) is 3.25. The lowest BCUT2D eigenvalue weighted by molar-refractivity contribution is 0.0185. The lowest BCUT2D eigenvalue weighted by Crippen LogP contribution is -2.42. The number of rotatable bonds is 2. The molecule has 0 bridgehead atoms. The van der Waals surface area contributed by atoms with Crippen molar-refractivity contribution in [2.45, 2.75) is 30.9 Å². The quantitative estimate of drug-likeness (QED) is 0.745. The van der Waals surface area contributed by atoms with Gasteiger partial charge in [-0.3, -0.25) is 0 Å². The smallest absolute Gasteiger partial charge is 0.105 e. The van der Waals surface area contributed by atoms with Gasteiger partial charge in [0.25, 0.3) is 0 Å². The number of aliphatic hydroxyl groups is 1. The average molecular weight is 191 g/mol. The SMILES string of the molecule is CN[C@@H]1CCC[C@@]1(O)c1ccccc1. The maximum Gasteiger partial charge on any atom is 0.105 e. The van der Waals surface area contributed by atoms with E-state index in [2.05, 4.69) is 5.32 Å². The van der Waals surface area contributed by atoms with E-state index >= 15 is 0 Å². The third kappa shape index (κ3) is 1.45. The fourth-order valence-corrected chi connectivity index (χ4v) is 2.44. The summed E-state index contributed by atoms with van der Waals surface area (Å²) in [5, 5.41) is 13.8. The minimum Gasteiger partial charge on any atom is -0.384 e. The fourth-order valence-electron chi connectivity index (χ4n) is 2.44. The topological polar surface area (TPSA) is 32.3 Å². The summed E-state index contributed by atoms with van der Waals surface area (Å²) >= 11 is 0. The summed E-state index contributed by atoms with van der Waals surface area (Å²) in [6.07, 6.45) is 3.02. The molecule has 76 valence electrons. The highest BCUT2D eigenvalue weighted by atomic mass is 16.3. The van der Waals surface area contributed by atoms with Gasteiger partial charge in [-0.05, 0) is 31.9 Å². The van der Waals surface area contributed by atoms with Gasteiger partial charge in [0, 0.05) is 6.04 Å². The first-order chi connectivity index (χ1) is 6.77. The van der Waals surface area contributed by atoms with Crippen molar-refractivity contribution in [3.8, 4) is 0 Å². The zero-order valence-corrected chi connectivity index (χ0v) is 8.53. The van der Waals surface area contributed by atoms with Crippen LogP contribution in [0.2, 0.25) is 0 Å². The summed E-state index contributed by atoms with van der Waals surface area (Å²) in [7, 11) is 1.92. The van der Waals surface area contributed by atoms with E-state index in [0.717, 1.165) is 24.8 Å². The summed E-state index contributed by atoms with van der Waals surface area (Å²) in [6.45, 7) is 0. The van der Waals surface area contributed by atoms with E-state index in [1.165, 1.54) is 0 Å². The number of likely N-dealkylation sites (N-methyl/N-ethyl adjacent to an activating group) is 1. The van der Waals surface area contributed by atoms with Crippen molar-refractivity contribution >= 4 is 0 Å². The normalized spacial score (nSPS) is 32.0. The molecule has 0 aromatic heterocycles. The Morgan fingerprint density at radius 2 is 2.07 bits per heavy atom. The molecule has 1 aliphatic rings. The maximum absolute atomic E-state index is 10.6.